The average Bonchev–Trinajstić information content (AvgIpc) is 2.40. The summed E-state index contributed by atoms with van der Waals surface area (Å²) in [5.41, 5.74) is -0.126. The van der Waals surface area contributed by atoms with Crippen molar-refractivity contribution in [3.8, 4) is 0 Å². The van der Waals surface area contributed by atoms with Gasteiger partial charge in [-0.1, -0.05) is 12.1 Å². The van der Waals surface area contributed by atoms with Gasteiger partial charge in [-0.05, 0) is 23.6 Å². The molecule has 7 nitrogen and oxygen atoms in total. The third kappa shape index (κ3) is 1.67. The van der Waals surface area contributed by atoms with Crippen molar-refractivity contribution in [2.45, 2.75) is 4.90 Å². The topological polar surface area (TPSA) is 116 Å². The van der Waals surface area contributed by atoms with E-state index in [2.05, 4.69) is 0 Å². The zero-order valence-electron chi connectivity index (χ0n) is 9.78. The molecule has 1 aliphatic heterocycles. The molecule has 0 bridgehead atoms. The van der Waals surface area contributed by atoms with Crippen LogP contribution in [0, 0.1) is 5.21 Å². The van der Waals surface area contributed by atoms with Gasteiger partial charge in [0, 0.05) is 5.39 Å². The first-order valence-corrected chi connectivity index (χ1v) is 6.92. The molecule has 1 heterocycles. The van der Waals surface area contributed by atoms with Gasteiger partial charge in [-0.3, -0.25) is 4.55 Å². The van der Waals surface area contributed by atoms with Crippen molar-refractivity contribution in [1.82, 2.24) is 0 Å². The van der Waals surface area contributed by atoms with Gasteiger partial charge < -0.3 is 5.21 Å². The lowest BCUT2D eigenvalue weighted by Crippen LogP contribution is -3.13. The quantitative estimate of drug-likeness (QED) is 0.426. The van der Waals surface area contributed by atoms with Gasteiger partial charge in [0.25, 0.3) is 10.1 Å². The van der Waals surface area contributed by atoms with Gasteiger partial charge in [-0.2, -0.15) is 8.42 Å². The minimum absolute atomic E-state index is 0.0592. The molecule has 8 heteroatoms. The van der Waals surface area contributed by atoms with E-state index < -0.39 is 31.9 Å². The van der Waals surface area contributed by atoms with E-state index >= 15 is 0 Å². The lowest BCUT2D eigenvalue weighted by atomic mass is 9.95. The second-order valence-corrected chi connectivity index (χ2v) is 5.76. The minimum atomic E-state index is -4.52. The van der Waals surface area contributed by atoms with Crippen molar-refractivity contribution in [2.75, 3.05) is 0 Å². The summed E-state index contributed by atoms with van der Waals surface area (Å²) in [7, 11) is -4.52. The van der Waals surface area contributed by atoms with E-state index in [0.29, 0.717) is 5.39 Å². The van der Waals surface area contributed by atoms with Crippen LogP contribution in [0.25, 0.3) is 10.8 Å². The first-order chi connectivity index (χ1) is 9.30. The average molecular weight is 293 g/mol. The standard InChI is InChI=1S/C12H7NO6S/c14-11-8-3-1-2-6-4-7(20(17,18)19)5-9(10(6)8)12(15)13(11)16/h1-5,13H,(H,17,18,19). The molecule has 2 amide bonds. The highest BCUT2D eigenvalue weighted by Crippen LogP contribution is 2.28. The van der Waals surface area contributed by atoms with Crippen molar-refractivity contribution in [3.05, 3.63) is 46.7 Å². The lowest BCUT2D eigenvalue weighted by molar-refractivity contribution is -0.661. The number of nitrogens with one attached hydrogen (secondary N) is 1. The van der Waals surface area contributed by atoms with Crippen LogP contribution in [0.2, 0.25) is 0 Å². The number of amides is 2. The van der Waals surface area contributed by atoms with E-state index in [1.807, 2.05) is 0 Å². The molecule has 0 aromatic heterocycles. The molecule has 2 aromatic rings. The van der Waals surface area contributed by atoms with Crippen LogP contribution in [0.4, 0.5) is 0 Å². The number of rotatable bonds is 1. The fourth-order valence-corrected chi connectivity index (χ4v) is 2.81. The summed E-state index contributed by atoms with van der Waals surface area (Å²) in [6, 6.07) is 6.41. The molecule has 0 aliphatic carbocycles. The number of imide groups is 1. The molecule has 0 fully saturated rings. The molecule has 3 rings (SSSR count). The lowest BCUT2D eigenvalue weighted by Gasteiger charge is -2.23. The van der Waals surface area contributed by atoms with Crippen molar-refractivity contribution in [3.63, 3.8) is 0 Å². The summed E-state index contributed by atoms with van der Waals surface area (Å²) >= 11 is 0. The largest absolute Gasteiger partial charge is 0.619 e. The zero-order chi connectivity index (χ0) is 14.7. The number of hydrogen-bond donors (Lipinski definition) is 2. The van der Waals surface area contributed by atoms with Gasteiger partial charge in [0.05, 0.1) is 16.0 Å². The second kappa shape index (κ2) is 3.93. The number of carbonyl (C=O) groups is 2. The second-order valence-electron chi connectivity index (χ2n) is 4.34. The van der Waals surface area contributed by atoms with Crippen LogP contribution >= 0.6 is 0 Å². The summed E-state index contributed by atoms with van der Waals surface area (Å²) in [5, 5.41) is 10.9. The van der Waals surface area contributed by atoms with Crippen molar-refractivity contribution in [1.29, 1.82) is 0 Å². The van der Waals surface area contributed by atoms with Gasteiger partial charge in [0.1, 0.15) is 0 Å². The molecule has 0 saturated heterocycles. The molecule has 102 valence electrons. The molecule has 2 N–H and O–H groups in total. The monoisotopic (exact) mass is 293 g/mol. The van der Waals surface area contributed by atoms with Crippen molar-refractivity contribution in [2.24, 2.45) is 0 Å². The maximum atomic E-state index is 11.8. The van der Waals surface area contributed by atoms with Crippen LogP contribution in [-0.4, -0.2) is 24.8 Å². The van der Waals surface area contributed by atoms with Crippen LogP contribution in [0.15, 0.2) is 35.2 Å². The maximum absolute atomic E-state index is 11.8. The molecule has 0 radical (unpaired) electrons. The molecular formula is C12H7NO6S. The number of hydrogen-bond acceptors (Lipinski definition) is 5. The Morgan fingerprint density at radius 1 is 1.05 bits per heavy atom. The first kappa shape index (κ1) is 12.9. The molecule has 1 atom stereocenters. The third-order valence-corrected chi connectivity index (χ3v) is 3.98. The van der Waals surface area contributed by atoms with E-state index in [0.717, 1.165) is 12.1 Å². The summed E-state index contributed by atoms with van der Waals surface area (Å²) in [6.07, 6.45) is 0. The Morgan fingerprint density at radius 3 is 2.35 bits per heavy atom. The fourth-order valence-electron chi connectivity index (χ4n) is 2.27. The minimum Gasteiger partial charge on any atom is -0.619 e. The number of hydroxylamine groups is 2. The number of benzene rings is 2. The summed E-state index contributed by atoms with van der Waals surface area (Å²) in [4.78, 5) is 23.1. The van der Waals surface area contributed by atoms with Gasteiger partial charge >= 0.3 is 11.8 Å². The molecular weight excluding hydrogens is 286 g/mol. The fraction of sp³-hybridized carbons (Fsp3) is 0. The highest BCUT2D eigenvalue weighted by Gasteiger charge is 2.34. The van der Waals surface area contributed by atoms with Crippen LogP contribution in [-0.2, 0) is 10.1 Å². The van der Waals surface area contributed by atoms with E-state index in [9.17, 15) is 23.2 Å². The van der Waals surface area contributed by atoms with Gasteiger partial charge in [-0.25, -0.2) is 14.7 Å². The normalized spacial score (nSPS) is 18.6. The Morgan fingerprint density at radius 2 is 1.70 bits per heavy atom. The number of carbonyl (C=O) groups excluding carboxylic acids is 2. The Balaban J connectivity index is 2.51. The zero-order valence-corrected chi connectivity index (χ0v) is 10.6. The van der Waals surface area contributed by atoms with Gasteiger partial charge in [-0.15, -0.1) is 0 Å². The smallest absolute Gasteiger partial charge is 0.352 e. The van der Waals surface area contributed by atoms with E-state index in [1.165, 1.54) is 18.2 Å². The highest BCUT2D eigenvalue weighted by atomic mass is 32.2. The summed E-state index contributed by atoms with van der Waals surface area (Å²) in [5.74, 6) is -1.98. The van der Waals surface area contributed by atoms with Gasteiger partial charge in [0.15, 0.2) is 0 Å². The predicted molar refractivity (Wildman–Crippen MR) is 66.8 cm³/mol. The molecule has 0 saturated carbocycles. The highest BCUT2D eigenvalue weighted by molar-refractivity contribution is 7.85. The summed E-state index contributed by atoms with van der Waals surface area (Å²) in [6.45, 7) is 0. The molecule has 20 heavy (non-hydrogen) atoms. The van der Waals surface area contributed by atoms with Crippen LogP contribution < -0.4 is 5.06 Å². The van der Waals surface area contributed by atoms with Crippen LogP contribution in [0.1, 0.15) is 20.7 Å². The Bertz CT molecular complexity index is 886. The van der Waals surface area contributed by atoms with E-state index in [-0.39, 0.29) is 16.5 Å². The number of quaternary nitrogens is 1. The van der Waals surface area contributed by atoms with Crippen molar-refractivity contribution < 1.29 is 27.6 Å². The third-order valence-electron chi connectivity index (χ3n) is 3.15. The van der Waals surface area contributed by atoms with E-state index in [1.54, 1.807) is 0 Å². The SMILES string of the molecule is O=C1c2cccc3cc(S(=O)(=O)O)cc(c23)C(=O)[NH+]1[O-]. The molecule has 1 aliphatic rings. The van der Waals surface area contributed by atoms with E-state index in [4.69, 9.17) is 4.55 Å². The Kier molecular flexibility index (Phi) is 2.53. The Labute approximate surface area is 112 Å². The molecule has 1 unspecified atom stereocenters. The van der Waals surface area contributed by atoms with Crippen LogP contribution in [0.5, 0.6) is 0 Å². The first-order valence-electron chi connectivity index (χ1n) is 5.48. The van der Waals surface area contributed by atoms with Gasteiger partial charge in [0.2, 0.25) is 0 Å². The predicted octanol–water partition coefficient (Wildman–Crippen LogP) is -0.237. The summed E-state index contributed by atoms with van der Waals surface area (Å²) < 4.78 is 31.5. The Hall–Kier alpha value is -2.13. The van der Waals surface area contributed by atoms with Crippen LogP contribution in [0.3, 0.4) is 0 Å². The maximum Gasteiger partial charge on any atom is 0.352 e. The molecule has 2 aromatic carbocycles. The molecule has 0 spiro atoms. The van der Waals surface area contributed by atoms with Crippen molar-refractivity contribution >= 4 is 32.7 Å².